The largest absolute Gasteiger partial charge is 0.262 e. The highest BCUT2D eigenvalue weighted by Gasteiger charge is 2.20. The average Bonchev–Trinajstić information content (AvgIpc) is 2.93. The first kappa shape index (κ1) is 23.8. The number of pyridine rings is 2. The second-order valence-corrected chi connectivity index (χ2v) is 6.81. The van der Waals surface area contributed by atoms with Crippen LogP contribution in [-0.4, -0.2) is 9.97 Å². The zero-order valence-electron chi connectivity index (χ0n) is 17.9. The van der Waals surface area contributed by atoms with Crippen LogP contribution in [0, 0.1) is 90.6 Å². The highest BCUT2D eigenvalue weighted by atomic mass is 14.6. The Bertz CT molecular complexity index is 1690. The molecule has 0 saturated carbocycles. The van der Waals surface area contributed by atoms with Crippen LogP contribution < -0.4 is 10.4 Å². The van der Waals surface area contributed by atoms with Gasteiger partial charge in [0.1, 0.15) is 59.7 Å². The van der Waals surface area contributed by atoms with E-state index in [1.165, 1.54) is 36.9 Å². The van der Waals surface area contributed by atoms with Crippen LogP contribution >= 0.6 is 0 Å². The molecule has 36 heavy (non-hydrogen) atoms. The summed E-state index contributed by atoms with van der Waals surface area (Å²) in [5, 5.41) is 77.2. The van der Waals surface area contributed by atoms with Gasteiger partial charge in [0.15, 0.2) is 0 Å². The molecule has 3 aromatic rings. The summed E-state index contributed by atoms with van der Waals surface area (Å²) in [6, 6.07) is 17.2. The average molecular weight is 458 g/mol. The summed E-state index contributed by atoms with van der Waals surface area (Å²) in [4.78, 5) is 7.71. The van der Waals surface area contributed by atoms with Gasteiger partial charge in [0, 0.05) is 46.4 Å². The standard InChI is InChI=1S/C26H6N10/c27-3-15(4-28)21-1-23(25-17(7-31)11-35-12-18(25)8-32)22(16(5-29)6-30)2-24(21)26-19(9-33)13-36-14-20(26)10-34/h1-2,11-14H. The van der Waals surface area contributed by atoms with Crippen LogP contribution in [0.2, 0.25) is 0 Å². The van der Waals surface area contributed by atoms with E-state index in [9.17, 15) is 42.1 Å². The molecule has 10 heteroatoms. The molecule has 0 aliphatic heterocycles. The third kappa shape index (κ3) is 3.89. The fraction of sp³-hybridized carbons (Fsp3) is 0. The SMILES string of the molecule is N#CC(C#N)=c1cc(-c2c(C#N)cncc2C#N)c(=C(C#N)C#N)cc1-c1c(C#N)cncc1C#N. The van der Waals surface area contributed by atoms with E-state index in [-0.39, 0.29) is 54.9 Å². The molecule has 0 atom stereocenters. The zero-order valence-corrected chi connectivity index (χ0v) is 17.9. The van der Waals surface area contributed by atoms with Crippen molar-refractivity contribution in [2.75, 3.05) is 0 Å². The van der Waals surface area contributed by atoms with E-state index < -0.39 is 11.1 Å². The van der Waals surface area contributed by atoms with Crippen LogP contribution in [0.5, 0.6) is 0 Å². The predicted molar refractivity (Wildman–Crippen MR) is 120 cm³/mol. The summed E-state index contributed by atoms with van der Waals surface area (Å²) in [6.45, 7) is 0. The molecule has 3 rings (SSSR count). The minimum absolute atomic E-state index is 0.0340. The van der Waals surface area contributed by atoms with Crippen LogP contribution in [0.15, 0.2) is 36.9 Å². The van der Waals surface area contributed by atoms with Gasteiger partial charge in [0.25, 0.3) is 0 Å². The Morgan fingerprint density at radius 3 is 0.972 bits per heavy atom. The maximum atomic E-state index is 9.66. The second-order valence-electron chi connectivity index (χ2n) is 6.81. The molecule has 0 saturated heterocycles. The first-order chi connectivity index (χ1) is 17.5. The fourth-order valence-corrected chi connectivity index (χ4v) is 3.56. The number of rotatable bonds is 2. The van der Waals surface area contributed by atoms with Crippen LogP contribution in [0.1, 0.15) is 22.3 Å². The van der Waals surface area contributed by atoms with Crippen molar-refractivity contribution in [1.29, 1.82) is 42.1 Å². The molecule has 0 amide bonds. The number of hydrogen-bond acceptors (Lipinski definition) is 10. The first-order valence-electron chi connectivity index (χ1n) is 9.63. The molecule has 2 aromatic heterocycles. The summed E-state index contributed by atoms with van der Waals surface area (Å²) in [6.07, 6.45) is 4.76. The van der Waals surface area contributed by atoms with Crippen molar-refractivity contribution in [3.05, 3.63) is 69.6 Å². The Morgan fingerprint density at radius 2 is 0.750 bits per heavy atom. The molecular formula is C26H6N10. The molecule has 0 N–H and O–H groups in total. The summed E-state index contributed by atoms with van der Waals surface area (Å²) in [5.74, 6) is 0. The van der Waals surface area contributed by atoms with Gasteiger partial charge >= 0.3 is 0 Å². The highest BCUT2D eigenvalue weighted by Crippen LogP contribution is 2.28. The van der Waals surface area contributed by atoms with E-state index in [1.54, 1.807) is 24.3 Å². The number of nitrogens with zero attached hydrogens (tertiary/aromatic N) is 10. The lowest BCUT2D eigenvalue weighted by Gasteiger charge is -2.13. The molecular weight excluding hydrogens is 452 g/mol. The van der Waals surface area contributed by atoms with Gasteiger partial charge in [0.05, 0.1) is 22.3 Å². The summed E-state index contributed by atoms with van der Waals surface area (Å²) in [7, 11) is 0. The molecule has 0 fully saturated rings. The molecule has 160 valence electrons. The lowest BCUT2D eigenvalue weighted by atomic mass is 9.88. The number of aromatic nitrogens is 2. The van der Waals surface area contributed by atoms with Crippen molar-refractivity contribution < 1.29 is 0 Å². The minimum atomic E-state index is -0.413. The van der Waals surface area contributed by atoms with Gasteiger partial charge < -0.3 is 0 Å². The van der Waals surface area contributed by atoms with E-state index in [0.717, 1.165) is 0 Å². The summed E-state index contributed by atoms with van der Waals surface area (Å²) in [5.41, 5.74) is -0.907. The number of benzene rings is 1. The monoisotopic (exact) mass is 458 g/mol. The van der Waals surface area contributed by atoms with Crippen molar-refractivity contribution >= 4 is 11.1 Å². The molecule has 1 aromatic carbocycles. The smallest absolute Gasteiger partial charge is 0.137 e. The van der Waals surface area contributed by atoms with E-state index in [1.807, 2.05) is 24.3 Å². The van der Waals surface area contributed by atoms with Crippen molar-refractivity contribution in [3.63, 3.8) is 0 Å². The lowest BCUT2D eigenvalue weighted by molar-refractivity contribution is 1.27. The molecule has 0 bridgehead atoms. The quantitative estimate of drug-likeness (QED) is 0.541. The number of hydrogen-bond donors (Lipinski definition) is 0. The molecule has 0 aliphatic rings. The van der Waals surface area contributed by atoms with Gasteiger partial charge in [0.2, 0.25) is 0 Å². The van der Waals surface area contributed by atoms with Crippen molar-refractivity contribution in [3.8, 4) is 70.8 Å². The third-order valence-electron chi connectivity index (χ3n) is 5.06. The molecule has 0 aliphatic carbocycles. The Morgan fingerprint density at radius 1 is 0.472 bits per heavy atom. The Balaban J connectivity index is 2.83. The first-order valence-corrected chi connectivity index (χ1v) is 9.63. The Hall–Kier alpha value is -6.82. The predicted octanol–water partition coefficient (Wildman–Crippen LogP) is 1.69. The fourth-order valence-electron chi connectivity index (χ4n) is 3.56. The van der Waals surface area contributed by atoms with E-state index in [4.69, 9.17) is 0 Å². The molecule has 0 radical (unpaired) electrons. The summed E-state index contributed by atoms with van der Waals surface area (Å²) >= 11 is 0. The van der Waals surface area contributed by atoms with Crippen LogP contribution in [0.25, 0.3) is 33.4 Å². The summed E-state index contributed by atoms with van der Waals surface area (Å²) < 4.78 is 0. The van der Waals surface area contributed by atoms with Crippen molar-refractivity contribution in [1.82, 2.24) is 9.97 Å². The topological polar surface area (TPSA) is 216 Å². The normalized spacial score (nSPS) is 8.89. The van der Waals surface area contributed by atoms with Gasteiger partial charge in [-0.2, -0.15) is 42.1 Å². The van der Waals surface area contributed by atoms with E-state index in [0.29, 0.717) is 0 Å². The van der Waals surface area contributed by atoms with Crippen LogP contribution in [0.3, 0.4) is 0 Å². The van der Waals surface area contributed by atoms with Gasteiger partial charge in [-0.3, -0.25) is 9.97 Å². The maximum Gasteiger partial charge on any atom is 0.137 e. The van der Waals surface area contributed by atoms with Gasteiger partial charge in [-0.25, -0.2) is 0 Å². The maximum absolute atomic E-state index is 9.66. The molecule has 2 heterocycles. The van der Waals surface area contributed by atoms with Crippen LogP contribution in [0.4, 0.5) is 0 Å². The highest BCUT2D eigenvalue weighted by molar-refractivity contribution is 5.89. The van der Waals surface area contributed by atoms with Gasteiger partial charge in [-0.15, -0.1) is 0 Å². The third-order valence-corrected chi connectivity index (χ3v) is 5.06. The lowest BCUT2D eigenvalue weighted by Crippen LogP contribution is -2.21. The number of nitriles is 8. The molecule has 0 spiro atoms. The second kappa shape index (κ2) is 10.2. The van der Waals surface area contributed by atoms with Gasteiger partial charge in [-0.1, -0.05) is 0 Å². The molecule has 0 unspecified atom stereocenters. The van der Waals surface area contributed by atoms with Crippen LogP contribution in [-0.2, 0) is 0 Å². The Labute approximate surface area is 203 Å². The Kier molecular flexibility index (Phi) is 6.75. The van der Waals surface area contributed by atoms with Crippen molar-refractivity contribution in [2.24, 2.45) is 0 Å². The van der Waals surface area contributed by atoms with Crippen molar-refractivity contribution in [2.45, 2.75) is 0 Å². The van der Waals surface area contributed by atoms with E-state index >= 15 is 0 Å². The molecule has 10 nitrogen and oxygen atoms in total. The minimum Gasteiger partial charge on any atom is -0.262 e. The van der Waals surface area contributed by atoms with Gasteiger partial charge in [-0.05, 0) is 23.3 Å². The zero-order chi connectivity index (χ0) is 26.2. The van der Waals surface area contributed by atoms with E-state index in [2.05, 4.69) is 9.97 Å².